The third-order valence-corrected chi connectivity index (χ3v) is 6.07. The van der Waals surface area contributed by atoms with Gasteiger partial charge in [0, 0.05) is 32.0 Å². The van der Waals surface area contributed by atoms with Crippen molar-refractivity contribution in [3.8, 4) is 11.8 Å². The number of anilines is 1. The van der Waals surface area contributed by atoms with E-state index in [1.54, 1.807) is 18.3 Å². The molecule has 0 amide bonds. The van der Waals surface area contributed by atoms with Crippen molar-refractivity contribution in [1.82, 2.24) is 14.7 Å². The zero-order valence-electron chi connectivity index (χ0n) is 15.0. The summed E-state index contributed by atoms with van der Waals surface area (Å²) in [6.45, 7) is 1.80. The maximum absolute atomic E-state index is 12.4. The summed E-state index contributed by atoms with van der Waals surface area (Å²) in [4.78, 5) is 10.5. The predicted octanol–water partition coefficient (Wildman–Crippen LogP) is 1.55. The second kappa shape index (κ2) is 8.33. The zero-order valence-corrected chi connectivity index (χ0v) is 15.8. The number of hydrogen-bond acceptors (Lipinski definition) is 7. The molecule has 1 aromatic carbocycles. The van der Waals surface area contributed by atoms with Crippen molar-refractivity contribution in [3.05, 3.63) is 42.4 Å². The normalized spacial score (nSPS) is 15.3. The van der Waals surface area contributed by atoms with E-state index in [1.165, 1.54) is 25.4 Å². The number of nitrogens with one attached hydrogen (secondary N) is 1. The van der Waals surface area contributed by atoms with E-state index in [0.717, 1.165) is 12.8 Å². The number of aromatic nitrogens is 2. The van der Waals surface area contributed by atoms with Gasteiger partial charge in [-0.25, -0.2) is 23.1 Å². The summed E-state index contributed by atoms with van der Waals surface area (Å²) in [5, 5.41) is 9.15. The molecule has 142 valence electrons. The molecular weight excluding hydrogens is 366 g/mol. The highest BCUT2D eigenvalue weighted by Crippen LogP contribution is 2.23. The summed E-state index contributed by atoms with van der Waals surface area (Å²) in [6, 6.07) is 8.37. The molecule has 1 aromatic heterocycles. The quantitative estimate of drug-likeness (QED) is 0.801. The molecule has 1 fully saturated rings. The number of nitriles is 1. The predicted molar refractivity (Wildman–Crippen MR) is 99.9 cm³/mol. The summed E-state index contributed by atoms with van der Waals surface area (Å²) in [5.74, 6) is 1.44. The molecule has 1 aliphatic rings. The Kier molecular flexibility index (Phi) is 5.88. The standard InChI is InChI=1S/C18H21N5O3S/c1-26-15-2-4-16(5-3-15)27(24,25)22-13-14-6-10-23(11-7-14)18-17(12-19)20-8-9-21-18/h2-5,8-9,14,22H,6-7,10-11,13H2,1H3. The Hall–Kier alpha value is -2.70. The molecule has 1 saturated heterocycles. The van der Waals surface area contributed by atoms with Gasteiger partial charge >= 0.3 is 0 Å². The number of nitrogens with zero attached hydrogens (tertiary/aromatic N) is 4. The highest BCUT2D eigenvalue weighted by molar-refractivity contribution is 7.89. The average molecular weight is 387 g/mol. The monoisotopic (exact) mass is 387 g/mol. The number of benzene rings is 1. The van der Waals surface area contributed by atoms with E-state index in [1.807, 2.05) is 4.90 Å². The topological polar surface area (TPSA) is 108 Å². The minimum absolute atomic E-state index is 0.221. The second-order valence-electron chi connectivity index (χ2n) is 6.30. The van der Waals surface area contributed by atoms with Gasteiger partial charge in [0.25, 0.3) is 0 Å². The minimum atomic E-state index is -3.55. The fraction of sp³-hybridized carbons (Fsp3) is 0.389. The maximum Gasteiger partial charge on any atom is 0.240 e. The number of hydrogen-bond donors (Lipinski definition) is 1. The van der Waals surface area contributed by atoms with Gasteiger partial charge in [-0.15, -0.1) is 0 Å². The molecule has 27 heavy (non-hydrogen) atoms. The van der Waals surface area contributed by atoms with Crippen molar-refractivity contribution in [2.24, 2.45) is 5.92 Å². The van der Waals surface area contributed by atoms with Gasteiger partial charge in [-0.1, -0.05) is 0 Å². The fourth-order valence-corrected chi connectivity index (χ4v) is 4.17. The maximum atomic E-state index is 12.4. The van der Waals surface area contributed by atoms with Crippen LogP contribution < -0.4 is 14.4 Å². The minimum Gasteiger partial charge on any atom is -0.497 e. The van der Waals surface area contributed by atoms with Crippen molar-refractivity contribution in [3.63, 3.8) is 0 Å². The van der Waals surface area contributed by atoms with Crippen molar-refractivity contribution in [1.29, 1.82) is 5.26 Å². The lowest BCUT2D eigenvalue weighted by molar-refractivity contribution is 0.400. The van der Waals surface area contributed by atoms with Crippen molar-refractivity contribution < 1.29 is 13.2 Å². The highest BCUT2D eigenvalue weighted by Gasteiger charge is 2.24. The van der Waals surface area contributed by atoms with Crippen LogP contribution >= 0.6 is 0 Å². The van der Waals surface area contributed by atoms with Crippen LogP contribution in [0.4, 0.5) is 5.82 Å². The molecule has 3 rings (SSSR count). The summed E-state index contributed by atoms with van der Waals surface area (Å²) in [5.41, 5.74) is 0.316. The molecule has 1 aliphatic heterocycles. The van der Waals surface area contributed by atoms with E-state index >= 15 is 0 Å². The van der Waals surface area contributed by atoms with Gasteiger partial charge in [0.05, 0.1) is 12.0 Å². The lowest BCUT2D eigenvalue weighted by atomic mass is 9.97. The molecule has 2 heterocycles. The van der Waals surface area contributed by atoms with E-state index in [4.69, 9.17) is 10.00 Å². The molecule has 8 nitrogen and oxygen atoms in total. The van der Waals surface area contributed by atoms with Crippen molar-refractivity contribution in [2.45, 2.75) is 17.7 Å². The van der Waals surface area contributed by atoms with E-state index in [2.05, 4.69) is 20.8 Å². The van der Waals surface area contributed by atoms with Gasteiger partial charge in [0.1, 0.15) is 11.8 Å². The van der Waals surface area contributed by atoms with Crippen LogP contribution in [-0.4, -0.2) is 45.1 Å². The van der Waals surface area contributed by atoms with Crippen molar-refractivity contribution >= 4 is 15.8 Å². The molecule has 9 heteroatoms. The van der Waals surface area contributed by atoms with Gasteiger partial charge in [0.2, 0.25) is 10.0 Å². The molecule has 0 saturated carbocycles. The fourth-order valence-electron chi connectivity index (χ4n) is 3.06. The lowest BCUT2D eigenvalue weighted by Gasteiger charge is -2.32. The van der Waals surface area contributed by atoms with Gasteiger partial charge in [-0.3, -0.25) is 0 Å². The van der Waals surface area contributed by atoms with Gasteiger partial charge in [-0.05, 0) is 43.0 Å². The average Bonchev–Trinajstić information content (AvgIpc) is 2.72. The van der Waals surface area contributed by atoms with Gasteiger partial charge < -0.3 is 9.64 Å². The lowest BCUT2D eigenvalue weighted by Crippen LogP contribution is -2.39. The first-order valence-corrected chi connectivity index (χ1v) is 10.1. The molecule has 0 bridgehead atoms. The third-order valence-electron chi connectivity index (χ3n) is 4.63. The number of sulfonamides is 1. The molecule has 1 N–H and O–H groups in total. The van der Waals surface area contributed by atoms with Crippen LogP contribution in [0.25, 0.3) is 0 Å². The van der Waals surface area contributed by atoms with E-state index in [-0.39, 0.29) is 10.8 Å². The first-order chi connectivity index (χ1) is 13.0. The smallest absolute Gasteiger partial charge is 0.240 e. The molecule has 0 aliphatic carbocycles. The SMILES string of the molecule is COc1ccc(S(=O)(=O)NCC2CCN(c3nccnc3C#N)CC2)cc1. The van der Waals surface area contributed by atoms with Crippen LogP contribution in [-0.2, 0) is 10.0 Å². The largest absolute Gasteiger partial charge is 0.497 e. The summed E-state index contributed by atoms with van der Waals surface area (Å²) < 4.78 is 32.6. The van der Waals surface area contributed by atoms with Gasteiger partial charge in [0.15, 0.2) is 11.5 Å². The molecule has 0 radical (unpaired) electrons. The van der Waals surface area contributed by atoms with Crippen LogP contribution in [0, 0.1) is 17.2 Å². The van der Waals surface area contributed by atoms with E-state index < -0.39 is 10.0 Å². The Labute approximate surface area is 158 Å². The number of piperidine rings is 1. The zero-order chi connectivity index (χ0) is 19.3. The summed E-state index contributed by atoms with van der Waals surface area (Å²) >= 11 is 0. The second-order valence-corrected chi connectivity index (χ2v) is 8.07. The van der Waals surface area contributed by atoms with Crippen LogP contribution in [0.3, 0.4) is 0 Å². The van der Waals surface area contributed by atoms with E-state index in [9.17, 15) is 8.42 Å². The molecule has 2 aromatic rings. The first kappa shape index (κ1) is 19.1. The van der Waals surface area contributed by atoms with E-state index in [0.29, 0.717) is 36.9 Å². The van der Waals surface area contributed by atoms with Crippen LogP contribution in [0.5, 0.6) is 5.75 Å². The number of methoxy groups -OCH3 is 1. The molecule has 0 spiro atoms. The Bertz CT molecular complexity index is 917. The Balaban J connectivity index is 1.55. The third kappa shape index (κ3) is 4.53. The summed E-state index contributed by atoms with van der Waals surface area (Å²) in [6.07, 6.45) is 4.70. The number of ether oxygens (including phenoxy) is 1. The molecular formula is C18H21N5O3S. The van der Waals surface area contributed by atoms with Gasteiger partial charge in [-0.2, -0.15) is 5.26 Å². The Morgan fingerprint density at radius 2 is 1.89 bits per heavy atom. The van der Waals surface area contributed by atoms with Crippen molar-refractivity contribution in [2.75, 3.05) is 31.6 Å². The highest BCUT2D eigenvalue weighted by atomic mass is 32.2. The van der Waals surface area contributed by atoms with Crippen LogP contribution in [0.15, 0.2) is 41.6 Å². The molecule has 0 unspecified atom stereocenters. The Morgan fingerprint density at radius 1 is 1.22 bits per heavy atom. The Morgan fingerprint density at radius 3 is 2.52 bits per heavy atom. The molecule has 0 atom stereocenters. The summed E-state index contributed by atoms with van der Waals surface area (Å²) in [7, 11) is -2.01. The number of rotatable bonds is 6. The first-order valence-electron chi connectivity index (χ1n) is 8.63. The van der Waals surface area contributed by atoms with Crippen LogP contribution in [0.1, 0.15) is 18.5 Å². The van der Waals surface area contributed by atoms with Crippen LogP contribution in [0.2, 0.25) is 0 Å².